The van der Waals surface area contributed by atoms with Gasteiger partial charge in [0.1, 0.15) is 0 Å². The van der Waals surface area contributed by atoms with Gasteiger partial charge in [0, 0.05) is 21.7 Å². The van der Waals surface area contributed by atoms with Crippen molar-refractivity contribution in [2.75, 3.05) is 0 Å². The molecule has 0 aromatic carbocycles. The zero-order chi connectivity index (χ0) is 17.1. The minimum absolute atomic E-state index is 0. The standard InChI is InChI=1S/4C3H8O2.Ti/c4*1-3(2)5-4;/h4*3-4H,1-2H3;. The first-order valence-corrected chi connectivity index (χ1v) is 6.29. The Morgan fingerprint density at radius 3 is 0.476 bits per heavy atom. The summed E-state index contributed by atoms with van der Waals surface area (Å²) >= 11 is 0. The smallest absolute Gasteiger partial charge is 0.0871 e. The maximum absolute atomic E-state index is 7.64. The van der Waals surface area contributed by atoms with Crippen LogP contribution in [0.25, 0.3) is 0 Å². The average molecular weight is 352 g/mol. The van der Waals surface area contributed by atoms with Crippen LogP contribution in [0.4, 0.5) is 0 Å². The van der Waals surface area contributed by atoms with E-state index < -0.39 is 0 Å². The molecule has 0 bridgehead atoms. The minimum atomic E-state index is -0.0602. The molecule has 4 N–H and O–H groups in total. The Balaban J connectivity index is -0.0000000533. The van der Waals surface area contributed by atoms with Crippen molar-refractivity contribution in [3.8, 4) is 0 Å². The van der Waals surface area contributed by atoms with Gasteiger partial charge in [0.25, 0.3) is 0 Å². The van der Waals surface area contributed by atoms with Crippen LogP contribution >= 0.6 is 0 Å². The normalized spacial score (nSPS) is 9.14. The van der Waals surface area contributed by atoms with E-state index in [1.165, 1.54) is 0 Å². The molecule has 0 aromatic rings. The Morgan fingerprint density at radius 1 is 0.429 bits per heavy atom. The maximum Gasteiger partial charge on any atom is 0.0871 e. The Labute approximate surface area is 142 Å². The minimum Gasteiger partial charge on any atom is -0.252 e. The average Bonchev–Trinajstić information content (AvgIpc) is 2.40. The van der Waals surface area contributed by atoms with Gasteiger partial charge in [-0.25, -0.2) is 19.6 Å². The molecule has 8 nitrogen and oxygen atoms in total. The summed E-state index contributed by atoms with van der Waals surface area (Å²) in [4.78, 5) is 15.0. The fourth-order valence-corrected chi connectivity index (χ4v) is 0. The predicted molar refractivity (Wildman–Crippen MR) is 75.4 cm³/mol. The van der Waals surface area contributed by atoms with Gasteiger partial charge < -0.3 is 0 Å². The molecule has 0 aliphatic heterocycles. The molecule has 0 aliphatic rings. The van der Waals surface area contributed by atoms with Crippen LogP contribution in [-0.2, 0) is 41.3 Å². The van der Waals surface area contributed by atoms with Crippen molar-refractivity contribution in [3.63, 3.8) is 0 Å². The predicted octanol–water partition coefficient (Wildman–Crippen LogP) is 3.54. The third-order valence-corrected chi connectivity index (χ3v) is 0.843. The van der Waals surface area contributed by atoms with Gasteiger partial charge in [-0.05, 0) is 55.4 Å². The molecule has 21 heavy (non-hydrogen) atoms. The van der Waals surface area contributed by atoms with Crippen LogP contribution in [0.1, 0.15) is 55.4 Å². The molecule has 0 saturated heterocycles. The van der Waals surface area contributed by atoms with Crippen molar-refractivity contribution < 1.29 is 62.3 Å². The molecule has 9 heteroatoms. The van der Waals surface area contributed by atoms with E-state index in [4.69, 9.17) is 21.0 Å². The Morgan fingerprint density at radius 2 is 0.476 bits per heavy atom. The van der Waals surface area contributed by atoms with E-state index in [0.29, 0.717) is 0 Å². The van der Waals surface area contributed by atoms with E-state index in [9.17, 15) is 0 Å². The van der Waals surface area contributed by atoms with Gasteiger partial charge in [0.15, 0.2) is 0 Å². The molecule has 0 rings (SSSR count). The maximum atomic E-state index is 7.64. The van der Waals surface area contributed by atoms with Gasteiger partial charge in [0.05, 0.1) is 24.4 Å². The molecule has 0 fully saturated rings. The van der Waals surface area contributed by atoms with Crippen LogP contribution in [-0.4, -0.2) is 45.4 Å². The van der Waals surface area contributed by atoms with Gasteiger partial charge >= 0.3 is 0 Å². The van der Waals surface area contributed by atoms with Crippen molar-refractivity contribution in [2.24, 2.45) is 0 Å². The van der Waals surface area contributed by atoms with Gasteiger partial charge in [0.2, 0.25) is 0 Å². The van der Waals surface area contributed by atoms with Gasteiger partial charge in [-0.15, -0.1) is 0 Å². The molecular formula is C12H32O8Ti. The molecule has 0 atom stereocenters. The van der Waals surface area contributed by atoms with Crippen molar-refractivity contribution in [1.29, 1.82) is 0 Å². The van der Waals surface area contributed by atoms with E-state index in [1.807, 2.05) is 0 Å². The summed E-state index contributed by atoms with van der Waals surface area (Å²) < 4.78 is 0. The van der Waals surface area contributed by atoms with E-state index >= 15 is 0 Å². The van der Waals surface area contributed by atoms with Crippen molar-refractivity contribution in [1.82, 2.24) is 0 Å². The van der Waals surface area contributed by atoms with E-state index in [-0.39, 0.29) is 46.1 Å². The molecule has 0 aliphatic carbocycles. The summed E-state index contributed by atoms with van der Waals surface area (Å²) in [7, 11) is 0. The van der Waals surface area contributed by atoms with Crippen LogP contribution < -0.4 is 0 Å². The molecule has 0 radical (unpaired) electrons. The van der Waals surface area contributed by atoms with Crippen LogP contribution in [0.5, 0.6) is 0 Å². The summed E-state index contributed by atoms with van der Waals surface area (Å²) in [5.41, 5.74) is 0. The first-order valence-electron chi connectivity index (χ1n) is 6.29. The SMILES string of the molecule is CC(C)OO.CC(C)OO.CC(C)OO.CC(C)OO.[Ti]. The molecule has 132 valence electrons. The summed E-state index contributed by atoms with van der Waals surface area (Å²) in [6, 6.07) is 0. The van der Waals surface area contributed by atoms with E-state index in [1.54, 1.807) is 55.4 Å². The second kappa shape index (κ2) is 28.5. The number of hydrogen-bond acceptors (Lipinski definition) is 8. The molecule has 0 unspecified atom stereocenters. The van der Waals surface area contributed by atoms with Gasteiger partial charge in [-0.1, -0.05) is 0 Å². The topological polar surface area (TPSA) is 118 Å². The molecule has 0 amide bonds. The molecular weight excluding hydrogens is 320 g/mol. The molecule has 0 saturated carbocycles. The fourth-order valence-electron chi connectivity index (χ4n) is 0. The number of hydrogen-bond donors (Lipinski definition) is 4. The Kier molecular flexibility index (Phi) is 45.0. The Hall–Kier alpha value is 0.394. The zero-order valence-electron chi connectivity index (χ0n) is 14.2. The first kappa shape index (κ1) is 33.1. The summed E-state index contributed by atoms with van der Waals surface area (Å²) in [5.74, 6) is 0. The van der Waals surface area contributed by atoms with Crippen molar-refractivity contribution >= 4 is 0 Å². The van der Waals surface area contributed by atoms with Crippen LogP contribution in [0, 0.1) is 0 Å². The fraction of sp³-hybridized carbons (Fsp3) is 1.00. The quantitative estimate of drug-likeness (QED) is 0.345. The van der Waals surface area contributed by atoms with E-state index in [2.05, 4.69) is 19.6 Å². The van der Waals surface area contributed by atoms with Gasteiger partial charge in [-0.2, -0.15) is 0 Å². The Bertz CT molecular complexity index is 113. The van der Waals surface area contributed by atoms with Crippen molar-refractivity contribution in [3.05, 3.63) is 0 Å². The first-order chi connectivity index (χ1) is 9.08. The van der Waals surface area contributed by atoms with Crippen molar-refractivity contribution in [2.45, 2.75) is 79.8 Å². The van der Waals surface area contributed by atoms with Crippen LogP contribution in [0.3, 0.4) is 0 Å². The van der Waals surface area contributed by atoms with Crippen LogP contribution in [0.15, 0.2) is 0 Å². The second-order valence-electron chi connectivity index (χ2n) is 4.62. The largest absolute Gasteiger partial charge is 0.252 e. The monoisotopic (exact) mass is 352 g/mol. The zero-order valence-corrected chi connectivity index (χ0v) is 15.8. The molecule has 0 aromatic heterocycles. The van der Waals surface area contributed by atoms with Crippen LogP contribution in [0.2, 0.25) is 0 Å². The summed E-state index contributed by atoms with van der Waals surface area (Å²) in [6.45, 7) is 14.0. The molecule has 0 heterocycles. The summed E-state index contributed by atoms with van der Waals surface area (Å²) in [6.07, 6.45) is -0.241. The van der Waals surface area contributed by atoms with Gasteiger partial charge in [-0.3, -0.25) is 21.0 Å². The third kappa shape index (κ3) is 97.9. The number of rotatable bonds is 4. The third-order valence-electron chi connectivity index (χ3n) is 0.843. The summed E-state index contributed by atoms with van der Waals surface area (Å²) in [5, 5.41) is 30.6. The van der Waals surface area contributed by atoms with E-state index in [0.717, 1.165) is 0 Å². The second-order valence-corrected chi connectivity index (χ2v) is 4.62. The molecule has 0 spiro atoms.